The molecule has 0 bridgehead atoms. The summed E-state index contributed by atoms with van der Waals surface area (Å²) in [5, 5.41) is 3.02. The molecule has 1 atom stereocenters. The van der Waals surface area contributed by atoms with Gasteiger partial charge in [-0.2, -0.15) is 0 Å². The van der Waals surface area contributed by atoms with E-state index in [1.807, 2.05) is 4.90 Å². The quantitative estimate of drug-likeness (QED) is 0.738. The molecule has 8 heteroatoms. The van der Waals surface area contributed by atoms with Gasteiger partial charge in [0.1, 0.15) is 30.9 Å². The van der Waals surface area contributed by atoms with Crippen molar-refractivity contribution < 1.29 is 23.5 Å². The van der Waals surface area contributed by atoms with Gasteiger partial charge in [-0.3, -0.25) is 14.5 Å². The Bertz CT molecular complexity index is 717. The largest absolute Gasteiger partial charge is 0.491 e. The van der Waals surface area contributed by atoms with Crippen molar-refractivity contribution in [3.05, 3.63) is 30.1 Å². The van der Waals surface area contributed by atoms with E-state index in [2.05, 4.69) is 10.2 Å². The molecule has 29 heavy (non-hydrogen) atoms. The molecular weight excluding hydrogens is 377 g/mol. The lowest BCUT2D eigenvalue weighted by molar-refractivity contribution is -0.155. The third-order valence-electron chi connectivity index (χ3n) is 5.72. The summed E-state index contributed by atoms with van der Waals surface area (Å²) >= 11 is 0. The Morgan fingerprint density at radius 1 is 1.17 bits per heavy atom. The number of nitrogens with zero attached hydrogens (tertiary/aromatic N) is 2. The van der Waals surface area contributed by atoms with Crippen molar-refractivity contribution in [3.63, 3.8) is 0 Å². The molecule has 2 heterocycles. The lowest BCUT2D eigenvalue weighted by Gasteiger charge is -2.42. The van der Waals surface area contributed by atoms with Crippen LogP contribution >= 0.6 is 0 Å². The van der Waals surface area contributed by atoms with Gasteiger partial charge in [0.15, 0.2) is 0 Å². The number of benzene rings is 1. The minimum atomic E-state index is -0.306. The second-order valence-corrected chi connectivity index (χ2v) is 8.09. The number of ether oxygens (including phenoxy) is 2. The second kappa shape index (κ2) is 9.09. The molecule has 7 nitrogen and oxygen atoms in total. The predicted molar refractivity (Wildman–Crippen MR) is 104 cm³/mol. The lowest BCUT2D eigenvalue weighted by Crippen LogP contribution is -2.56. The highest BCUT2D eigenvalue weighted by molar-refractivity contribution is 5.79. The van der Waals surface area contributed by atoms with Gasteiger partial charge in [0.25, 0.3) is 0 Å². The first-order chi connectivity index (χ1) is 14.1. The molecule has 1 aromatic rings. The number of likely N-dealkylation sites (tertiary alicyclic amines) is 1. The maximum Gasteiger partial charge on any atom is 0.248 e. The molecule has 1 aromatic carbocycles. The number of nitrogens with one attached hydrogen (secondary N) is 1. The van der Waals surface area contributed by atoms with Crippen LogP contribution in [-0.2, 0) is 14.3 Å². The molecule has 158 valence electrons. The van der Waals surface area contributed by atoms with E-state index < -0.39 is 0 Å². The summed E-state index contributed by atoms with van der Waals surface area (Å²) in [6.07, 6.45) is 3.69. The van der Waals surface area contributed by atoms with E-state index in [1.165, 1.54) is 12.1 Å². The Morgan fingerprint density at radius 3 is 2.59 bits per heavy atom. The van der Waals surface area contributed by atoms with Gasteiger partial charge in [-0.15, -0.1) is 0 Å². The first-order valence-corrected chi connectivity index (χ1v) is 10.4. The number of piperidine rings is 1. The van der Waals surface area contributed by atoms with Crippen LogP contribution in [0.25, 0.3) is 0 Å². The lowest BCUT2D eigenvalue weighted by atomic mass is 10.0. The van der Waals surface area contributed by atoms with E-state index in [-0.39, 0.29) is 36.4 Å². The van der Waals surface area contributed by atoms with Crippen LogP contribution in [0.3, 0.4) is 0 Å². The standard InChI is InChI=1S/C21H28FN3O4/c22-15-1-5-18(6-2-15)28-13-19-11-25(21(27)14-29-19)17-7-9-24(10-8-17)12-20(26)23-16-3-4-16/h1-2,5-6,16-17,19H,3-4,7-14H2,(H,23,26). The molecule has 2 aliphatic heterocycles. The Labute approximate surface area is 170 Å². The van der Waals surface area contributed by atoms with Crippen molar-refractivity contribution in [2.45, 2.75) is 43.9 Å². The van der Waals surface area contributed by atoms with Crippen LogP contribution in [0.15, 0.2) is 24.3 Å². The Balaban J connectivity index is 1.22. The highest BCUT2D eigenvalue weighted by atomic mass is 19.1. The van der Waals surface area contributed by atoms with Crippen LogP contribution in [0.5, 0.6) is 5.75 Å². The van der Waals surface area contributed by atoms with Gasteiger partial charge >= 0.3 is 0 Å². The predicted octanol–water partition coefficient (Wildman–Crippen LogP) is 1.17. The number of amides is 2. The molecule has 0 aromatic heterocycles. The Morgan fingerprint density at radius 2 is 1.90 bits per heavy atom. The summed E-state index contributed by atoms with van der Waals surface area (Å²) in [6, 6.07) is 6.42. The van der Waals surface area contributed by atoms with Gasteiger partial charge in [-0.1, -0.05) is 0 Å². The fourth-order valence-corrected chi connectivity index (χ4v) is 3.91. The van der Waals surface area contributed by atoms with Crippen molar-refractivity contribution >= 4 is 11.8 Å². The third kappa shape index (κ3) is 5.67. The maximum atomic E-state index is 13.0. The summed E-state index contributed by atoms with van der Waals surface area (Å²) in [5.41, 5.74) is 0. The number of halogens is 1. The second-order valence-electron chi connectivity index (χ2n) is 8.09. The molecule has 1 N–H and O–H groups in total. The van der Waals surface area contributed by atoms with Gasteiger partial charge < -0.3 is 19.7 Å². The number of rotatable bonds is 7. The van der Waals surface area contributed by atoms with E-state index in [4.69, 9.17) is 9.47 Å². The molecule has 3 aliphatic rings. The Hall–Kier alpha value is -2.19. The van der Waals surface area contributed by atoms with Crippen LogP contribution in [0.2, 0.25) is 0 Å². The maximum absolute atomic E-state index is 13.0. The van der Waals surface area contributed by atoms with Crippen molar-refractivity contribution in [2.75, 3.05) is 39.4 Å². The highest BCUT2D eigenvalue weighted by Gasteiger charge is 2.34. The van der Waals surface area contributed by atoms with Crippen LogP contribution in [0.4, 0.5) is 4.39 Å². The van der Waals surface area contributed by atoms with Crippen molar-refractivity contribution in [3.8, 4) is 5.75 Å². The van der Waals surface area contributed by atoms with Gasteiger partial charge in [-0.05, 0) is 49.9 Å². The summed E-state index contributed by atoms with van der Waals surface area (Å²) in [6.45, 7) is 2.92. The van der Waals surface area contributed by atoms with E-state index in [9.17, 15) is 14.0 Å². The summed E-state index contributed by atoms with van der Waals surface area (Å²) in [4.78, 5) is 28.4. The number of hydrogen-bond acceptors (Lipinski definition) is 5. The van der Waals surface area contributed by atoms with Crippen LogP contribution in [-0.4, -0.2) is 79.2 Å². The monoisotopic (exact) mass is 405 g/mol. The average molecular weight is 405 g/mol. The summed E-state index contributed by atoms with van der Waals surface area (Å²) in [5.74, 6) is 0.384. The minimum absolute atomic E-state index is 0.00737. The molecule has 3 fully saturated rings. The normalized spacial score (nSPS) is 23.8. The van der Waals surface area contributed by atoms with E-state index >= 15 is 0 Å². The van der Waals surface area contributed by atoms with Gasteiger partial charge in [0.05, 0.1) is 13.1 Å². The zero-order chi connectivity index (χ0) is 20.2. The first-order valence-electron chi connectivity index (χ1n) is 10.4. The number of morpholine rings is 1. The zero-order valence-corrected chi connectivity index (χ0v) is 16.5. The van der Waals surface area contributed by atoms with E-state index in [0.29, 0.717) is 31.5 Å². The van der Waals surface area contributed by atoms with Crippen LogP contribution < -0.4 is 10.1 Å². The van der Waals surface area contributed by atoms with Gasteiger partial charge in [-0.25, -0.2) is 4.39 Å². The highest BCUT2D eigenvalue weighted by Crippen LogP contribution is 2.22. The van der Waals surface area contributed by atoms with Crippen molar-refractivity contribution in [2.24, 2.45) is 0 Å². The molecule has 0 radical (unpaired) electrons. The van der Waals surface area contributed by atoms with Crippen molar-refractivity contribution in [1.29, 1.82) is 0 Å². The topological polar surface area (TPSA) is 71.1 Å². The molecule has 1 saturated carbocycles. The average Bonchev–Trinajstić information content (AvgIpc) is 3.53. The van der Waals surface area contributed by atoms with E-state index in [1.54, 1.807) is 12.1 Å². The number of carbonyl (C=O) groups is 2. The minimum Gasteiger partial charge on any atom is -0.491 e. The molecule has 0 spiro atoms. The fraction of sp³-hybridized carbons (Fsp3) is 0.619. The third-order valence-corrected chi connectivity index (χ3v) is 5.72. The zero-order valence-electron chi connectivity index (χ0n) is 16.5. The molecule has 4 rings (SSSR count). The fourth-order valence-electron chi connectivity index (χ4n) is 3.91. The summed E-state index contributed by atoms with van der Waals surface area (Å²) in [7, 11) is 0. The molecule has 2 amide bonds. The Kier molecular flexibility index (Phi) is 6.30. The smallest absolute Gasteiger partial charge is 0.248 e. The number of hydrogen-bond donors (Lipinski definition) is 1. The van der Waals surface area contributed by atoms with E-state index in [0.717, 1.165) is 38.8 Å². The first kappa shape index (κ1) is 20.1. The summed E-state index contributed by atoms with van der Waals surface area (Å²) < 4.78 is 24.3. The molecule has 1 aliphatic carbocycles. The van der Waals surface area contributed by atoms with Crippen LogP contribution in [0.1, 0.15) is 25.7 Å². The molecule has 2 saturated heterocycles. The SMILES string of the molecule is O=C(CN1CCC(N2CC(COc3ccc(F)cc3)OCC2=O)CC1)NC1CC1. The van der Waals surface area contributed by atoms with Crippen LogP contribution in [0, 0.1) is 5.82 Å². The molecule has 1 unspecified atom stereocenters. The van der Waals surface area contributed by atoms with Gasteiger partial charge in [0, 0.05) is 25.2 Å². The number of carbonyl (C=O) groups excluding carboxylic acids is 2. The van der Waals surface area contributed by atoms with Crippen molar-refractivity contribution in [1.82, 2.24) is 15.1 Å². The molecular formula is C21H28FN3O4. The van der Waals surface area contributed by atoms with Gasteiger partial charge in [0.2, 0.25) is 11.8 Å².